The Balaban J connectivity index is 1.52. The lowest BCUT2D eigenvalue weighted by molar-refractivity contribution is -0.138. The van der Waals surface area contributed by atoms with Crippen LogP contribution in [0, 0.1) is 12.8 Å². The normalized spacial score (nSPS) is 17.5. The van der Waals surface area contributed by atoms with E-state index in [-0.39, 0.29) is 29.8 Å². The third-order valence-electron chi connectivity index (χ3n) is 5.81. The SMILES string of the molecule is COc1c(C)c2c(c(O)c1CCC(C)/C=C/C(=O)OCCN1CCOCC1)C(=O)OC2. The Labute approximate surface area is 182 Å². The highest BCUT2D eigenvalue weighted by molar-refractivity contribution is 5.98. The first-order chi connectivity index (χ1) is 14.9. The van der Waals surface area contributed by atoms with Gasteiger partial charge in [-0.25, -0.2) is 9.59 Å². The Kier molecular flexibility index (Phi) is 7.92. The van der Waals surface area contributed by atoms with Crippen LogP contribution in [0.3, 0.4) is 0 Å². The lowest BCUT2D eigenvalue weighted by atomic mass is 9.92. The van der Waals surface area contributed by atoms with Gasteiger partial charge in [-0.3, -0.25) is 4.90 Å². The van der Waals surface area contributed by atoms with Crippen molar-refractivity contribution in [3.8, 4) is 11.5 Å². The summed E-state index contributed by atoms with van der Waals surface area (Å²) in [6.45, 7) is 8.21. The molecule has 0 amide bonds. The molecule has 3 rings (SSSR count). The molecule has 8 heteroatoms. The standard InChI is InChI=1S/C23H31NO7/c1-15(5-7-19(25)30-13-10-24-8-11-29-12-9-24)4-6-17-21(26)20-18(14-31-23(20)27)16(2)22(17)28-3/h5,7,15,26H,4,6,8-14H2,1-3H3/b7-5+. The molecule has 0 saturated carbocycles. The number of carbonyl (C=O) groups is 2. The molecular formula is C23H31NO7. The van der Waals surface area contributed by atoms with Crippen LogP contribution in [0.25, 0.3) is 0 Å². The molecule has 0 aliphatic carbocycles. The van der Waals surface area contributed by atoms with Crippen LogP contribution < -0.4 is 4.74 Å². The van der Waals surface area contributed by atoms with E-state index >= 15 is 0 Å². The largest absolute Gasteiger partial charge is 0.507 e. The number of fused-ring (bicyclic) bond motifs is 1. The third kappa shape index (κ3) is 5.57. The maximum Gasteiger partial charge on any atom is 0.342 e. The molecule has 1 N–H and O–H groups in total. The summed E-state index contributed by atoms with van der Waals surface area (Å²) in [5.41, 5.74) is 2.31. The number of aromatic hydroxyl groups is 1. The molecule has 170 valence electrons. The number of phenolic OH excluding ortho intramolecular Hbond substituents is 1. The van der Waals surface area contributed by atoms with Crippen LogP contribution in [0.5, 0.6) is 11.5 Å². The van der Waals surface area contributed by atoms with Crippen molar-refractivity contribution in [3.63, 3.8) is 0 Å². The summed E-state index contributed by atoms with van der Waals surface area (Å²) in [5, 5.41) is 10.7. The van der Waals surface area contributed by atoms with Gasteiger partial charge in [-0.1, -0.05) is 13.0 Å². The van der Waals surface area contributed by atoms with Crippen LogP contribution in [0.4, 0.5) is 0 Å². The zero-order valence-electron chi connectivity index (χ0n) is 18.4. The lowest BCUT2D eigenvalue weighted by Crippen LogP contribution is -2.38. The van der Waals surface area contributed by atoms with Gasteiger partial charge in [0.25, 0.3) is 0 Å². The summed E-state index contributed by atoms with van der Waals surface area (Å²) in [4.78, 5) is 26.2. The van der Waals surface area contributed by atoms with E-state index in [0.717, 1.165) is 31.9 Å². The van der Waals surface area contributed by atoms with Crippen LogP contribution in [-0.2, 0) is 32.0 Å². The number of hydrogen-bond acceptors (Lipinski definition) is 8. The number of morpholine rings is 1. The average Bonchev–Trinajstić information content (AvgIpc) is 3.16. The number of methoxy groups -OCH3 is 1. The summed E-state index contributed by atoms with van der Waals surface area (Å²) in [7, 11) is 1.55. The second-order valence-electron chi connectivity index (χ2n) is 7.91. The first-order valence-electron chi connectivity index (χ1n) is 10.7. The van der Waals surface area contributed by atoms with Crippen LogP contribution in [0.1, 0.15) is 40.4 Å². The van der Waals surface area contributed by atoms with Gasteiger partial charge < -0.3 is 24.1 Å². The second kappa shape index (κ2) is 10.6. The summed E-state index contributed by atoms with van der Waals surface area (Å²) >= 11 is 0. The summed E-state index contributed by atoms with van der Waals surface area (Å²) in [6, 6.07) is 0. The van der Waals surface area contributed by atoms with E-state index < -0.39 is 5.97 Å². The first kappa shape index (κ1) is 23.1. The molecule has 0 aromatic heterocycles. The van der Waals surface area contributed by atoms with E-state index in [2.05, 4.69) is 4.90 Å². The van der Waals surface area contributed by atoms with Gasteiger partial charge in [0, 0.05) is 36.8 Å². The molecule has 2 heterocycles. The number of esters is 2. The molecule has 1 atom stereocenters. The van der Waals surface area contributed by atoms with E-state index in [1.807, 2.05) is 13.8 Å². The Morgan fingerprint density at radius 3 is 2.77 bits per heavy atom. The van der Waals surface area contributed by atoms with Crippen molar-refractivity contribution in [1.29, 1.82) is 0 Å². The van der Waals surface area contributed by atoms with Gasteiger partial charge in [0.2, 0.25) is 0 Å². The number of cyclic esters (lactones) is 1. The molecule has 0 bridgehead atoms. The summed E-state index contributed by atoms with van der Waals surface area (Å²) < 4.78 is 21.2. The van der Waals surface area contributed by atoms with E-state index in [4.69, 9.17) is 18.9 Å². The molecule has 8 nitrogen and oxygen atoms in total. The Morgan fingerprint density at radius 2 is 2.06 bits per heavy atom. The first-order valence-corrected chi connectivity index (χ1v) is 10.7. The van der Waals surface area contributed by atoms with Gasteiger partial charge in [0.1, 0.15) is 30.3 Å². The van der Waals surface area contributed by atoms with Crippen molar-refractivity contribution in [3.05, 3.63) is 34.4 Å². The van der Waals surface area contributed by atoms with Gasteiger partial charge in [0.15, 0.2) is 0 Å². The fourth-order valence-electron chi connectivity index (χ4n) is 3.93. The van der Waals surface area contributed by atoms with Gasteiger partial charge in [0.05, 0.1) is 20.3 Å². The van der Waals surface area contributed by atoms with Crippen molar-refractivity contribution in [2.75, 3.05) is 46.6 Å². The van der Waals surface area contributed by atoms with E-state index in [0.29, 0.717) is 42.9 Å². The maximum absolute atomic E-state index is 12.0. The molecule has 1 unspecified atom stereocenters. The van der Waals surface area contributed by atoms with Crippen molar-refractivity contribution >= 4 is 11.9 Å². The average molecular weight is 434 g/mol. The van der Waals surface area contributed by atoms with Gasteiger partial charge in [-0.05, 0) is 31.2 Å². The summed E-state index contributed by atoms with van der Waals surface area (Å²) in [6.07, 6.45) is 4.41. The molecule has 1 aromatic rings. The predicted molar refractivity (Wildman–Crippen MR) is 113 cm³/mol. The zero-order valence-corrected chi connectivity index (χ0v) is 18.4. The fraction of sp³-hybridized carbons (Fsp3) is 0.565. The second-order valence-corrected chi connectivity index (χ2v) is 7.91. The van der Waals surface area contributed by atoms with Crippen LogP contribution in [-0.4, -0.2) is 68.5 Å². The van der Waals surface area contributed by atoms with Gasteiger partial charge >= 0.3 is 11.9 Å². The molecule has 31 heavy (non-hydrogen) atoms. The van der Waals surface area contributed by atoms with E-state index in [1.54, 1.807) is 13.2 Å². The number of rotatable bonds is 9. The highest BCUT2D eigenvalue weighted by Crippen LogP contribution is 2.42. The molecule has 1 fully saturated rings. The van der Waals surface area contributed by atoms with Crippen molar-refractivity contribution in [2.24, 2.45) is 5.92 Å². The van der Waals surface area contributed by atoms with Crippen molar-refractivity contribution in [1.82, 2.24) is 4.90 Å². The van der Waals surface area contributed by atoms with E-state index in [9.17, 15) is 14.7 Å². The molecule has 0 spiro atoms. The van der Waals surface area contributed by atoms with Crippen LogP contribution in [0.15, 0.2) is 12.2 Å². The number of allylic oxidation sites excluding steroid dienone is 1. The van der Waals surface area contributed by atoms with Crippen LogP contribution in [0.2, 0.25) is 0 Å². The zero-order chi connectivity index (χ0) is 22.4. The smallest absolute Gasteiger partial charge is 0.342 e. The Hall–Kier alpha value is -2.58. The Morgan fingerprint density at radius 1 is 1.32 bits per heavy atom. The van der Waals surface area contributed by atoms with Crippen molar-refractivity contribution in [2.45, 2.75) is 33.3 Å². The number of benzene rings is 1. The minimum Gasteiger partial charge on any atom is -0.507 e. The maximum atomic E-state index is 12.0. The molecule has 0 radical (unpaired) electrons. The number of carbonyl (C=O) groups excluding carboxylic acids is 2. The third-order valence-corrected chi connectivity index (χ3v) is 5.81. The minimum absolute atomic E-state index is 0.0661. The number of nitrogens with zero attached hydrogens (tertiary/aromatic N) is 1. The molecule has 1 aromatic carbocycles. The number of ether oxygens (including phenoxy) is 4. The topological polar surface area (TPSA) is 94.5 Å². The quantitative estimate of drug-likeness (QED) is 0.469. The molecule has 2 aliphatic heterocycles. The highest BCUT2D eigenvalue weighted by Gasteiger charge is 2.32. The fourth-order valence-corrected chi connectivity index (χ4v) is 3.93. The molecular weight excluding hydrogens is 402 g/mol. The monoisotopic (exact) mass is 433 g/mol. The Bertz CT molecular complexity index is 843. The lowest BCUT2D eigenvalue weighted by Gasteiger charge is -2.25. The van der Waals surface area contributed by atoms with Crippen molar-refractivity contribution < 1.29 is 33.6 Å². The number of phenols is 1. The summed E-state index contributed by atoms with van der Waals surface area (Å²) in [5.74, 6) is -0.299. The van der Waals surface area contributed by atoms with E-state index in [1.165, 1.54) is 6.08 Å². The molecule has 1 saturated heterocycles. The van der Waals surface area contributed by atoms with Gasteiger partial charge in [-0.15, -0.1) is 0 Å². The highest BCUT2D eigenvalue weighted by atomic mass is 16.5. The minimum atomic E-state index is -0.507. The predicted octanol–water partition coefficient (Wildman–Crippen LogP) is 2.38. The number of hydrogen-bond donors (Lipinski definition) is 1. The van der Waals surface area contributed by atoms with Crippen LogP contribution >= 0.6 is 0 Å². The van der Waals surface area contributed by atoms with Gasteiger partial charge in [-0.2, -0.15) is 0 Å². The molecule has 2 aliphatic rings.